The van der Waals surface area contributed by atoms with Crippen molar-refractivity contribution in [2.75, 3.05) is 18.8 Å². The van der Waals surface area contributed by atoms with E-state index < -0.39 is 9.84 Å². The van der Waals surface area contributed by atoms with Crippen LogP contribution in [0.5, 0.6) is 0 Å². The van der Waals surface area contributed by atoms with Crippen LogP contribution in [0.25, 0.3) is 10.9 Å². The maximum atomic E-state index is 12.1. The minimum Gasteiger partial charge on any atom is -0.297 e. The average Bonchev–Trinajstić information content (AvgIpc) is 3.03. The Morgan fingerprint density at radius 1 is 1.27 bits per heavy atom. The largest absolute Gasteiger partial charge is 0.297 e. The summed E-state index contributed by atoms with van der Waals surface area (Å²) in [5, 5.41) is 1.58. The zero-order valence-corrected chi connectivity index (χ0v) is 13.6. The second-order valence-corrected chi connectivity index (χ2v) is 9.00. The van der Waals surface area contributed by atoms with Crippen LogP contribution in [0.15, 0.2) is 30.5 Å². The van der Waals surface area contributed by atoms with Crippen molar-refractivity contribution < 1.29 is 8.42 Å². The normalized spacial score (nSPS) is 27.3. The van der Waals surface area contributed by atoms with Gasteiger partial charge < -0.3 is 0 Å². The zero-order chi connectivity index (χ0) is 15.3. The first kappa shape index (κ1) is 14.4. The Morgan fingerprint density at radius 2 is 2.14 bits per heavy atom. The van der Waals surface area contributed by atoms with Gasteiger partial charge in [0.1, 0.15) is 0 Å². The third-order valence-corrected chi connectivity index (χ3v) is 7.51. The number of halogens is 1. The summed E-state index contributed by atoms with van der Waals surface area (Å²) in [6.07, 6.45) is 2.57. The summed E-state index contributed by atoms with van der Waals surface area (Å²) in [4.78, 5) is 6.67. The highest BCUT2D eigenvalue weighted by Crippen LogP contribution is 2.35. The molecule has 22 heavy (non-hydrogen) atoms. The van der Waals surface area contributed by atoms with Gasteiger partial charge in [-0.3, -0.25) is 9.88 Å². The number of likely N-dealkylation sites (tertiary alicyclic amines) is 1. The van der Waals surface area contributed by atoms with E-state index in [1.807, 2.05) is 24.3 Å². The molecule has 0 amide bonds. The number of pyridine rings is 1. The summed E-state index contributed by atoms with van der Waals surface area (Å²) in [6.45, 7) is 2.12. The van der Waals surface area contributed by atoms with E-state index in [0.29, 0.717) is 23.9 Å². The standard InChI is InChI=1S/C16H17ClN2O2S/c17-14-4-3-11-2-1-6-18-16(11)13(14)9-19-8-12-5-7-22(20,21)15(12)10-19/h1-4,6,12,15H,5,7-10H2/t12-,15+/m0/s1. The Balaban J connectivity index is 1.64. The van der Waals surface area contributed by atoms with Crippen LogP contribution < -0.4 is 0 Å². The van der Waals surface area contributed by atoms with Gasteiger partial charge in [-0.1, -0.05) is 23.7 Å². The summed E-state index contributed by atoms with van der Waals surface area (Å²) in [7, 11) is -2.89. The third kappa shape index (κ3) is 2.32. The molecule has 0 spiro atoms. The molecule has 2 aromatic rings. The maximum absolute atomic E-state index is 12.1. The molecule has 4 rings (SSSR count). The molecule has 1 aromatic carbocycles. The zero-order valence-electron chi connectivity index (χ0n) is 12.1. The van der Waals surface area contributed by atoms with Gasteiger partial charge in [-0.25, -0.2) is 8.42 Å². The molecule has 6 heteroatoms. The molecule has 116 valence electrons. The Morgan fingerprint density at radius 3 is 2.95 bits per heavy atom. The highest BCUT2D eigenvalue weighted by molar-refractivity contribution is 7.92. The SMILES string of the molecule is O=S1(=O)CC[C@H]2CN(Cc3c(Cl)ccc4cccnc34)C[C@H]21. The van der Waals surface area contributed by atoms with Gasteiger partial charge in [0.2, 0.25) is 0 Å². The quantitative estimate of drug-likeness (QED) is 0.845. The minimum atomic E-state index is -2.89. The number of aromatic nitrogens is 1. The van der Waals surface area contributed by atoms with Crippen LogP contribution >= 0.6 is 11.6 Å². The summed E-state index contributed by atoms with van der Waals surface area (Å²) in [6, 6.07) is 7.80. The molecule has 0 unspecified atom stereocenters. The Kier molecular flexibility index (Phi) is 3.40. The number of benzene rings is 1. The molecule has 0 radical (unpaired) electrons. The average molecular weight is 337 g/mol. The molecule has 4 nitrogen and oxygen atoms in total. The lowest BCUT2D eigenvalue weighted by Gasteiger charge is -2.18. The number of rotatable bonds is 2. The van der Waals surface area contributed by atoms with Crippen LogP contribution in [0.4, 0.5) is 0 Å². The smallest absolute Gasteiger partial charge is 0.154 e. The van der Waals surface area contributed by atoms with E-state index in [1.165, 1.54) is 0 Å². The summed E-state index contributed by atoms with van der Waals surface area (Å²) < 4.78 is 24.1. The maximum Gasteiger partial charge on any atom is 0.154 e. The van der Waals surface area contributed by atoms with Crippen molar-refractivity contribution in [2.45, 2.75) is 18.2 Å². The van der Waals surface area contributed by atoms with Crippen molar-refractivity contribution in [3.63, 3.8) is 0 Å². The molecule has 2 atom stereocenters. The molecular formula is C16H17ClN2O2S. The van der Waals surface area contributed by atoms with E-state index in [2.05, 4.69) is 9.88 Å². The molecule has 0 N–H and O–H groups in total. The van der Waals surface area contributed by atoms with Crippen LogP contribution in [0.1, 0.15) is 12.0 Å². The molecule has 3 heterocycles. The van der Waals surface area contributed by atoms with E-state index >= 15 is 0 Å². The molecule has 2 fully saturated rings. The summed E-state index contributed by atoms with van der Waals surface area (Å²) >= 11 is 6.37. The third-order valence-electron chi connectivity index (χ3n) is 4.90. The number of hydrogen-bond acceptors (Lipinski definition) is 4. The molecule has 2 aliphatic heterocycles. The number of nitrogens with zero attached hydrogens (tertiary/aromatic N) is 2. The van der Waals surface area contributed by atoms with Crippen LogP contribution in [0, 0.1) is 5.92 Å². The highest BCUT2D eigenvalue weighted by Gasteiger charge is 2.46. The lowest BCUT2D eigenvalue weighted by atomic mass is 10.1. The van der Waals surface area contributed by atoms with E-state index in [-0.39, 0.29) is 11.2 Å². The van der Waals surface area contributed by atoms with Gasteiger partial charge in [0.25, 0.3) is 0 Å². The number of sulfone groups is 1. The van der Waals surface area contributed by atoms with Gasteiger partial charge in [0.15, 0.2) is 9.84 Å². The first-order chi connectivity index (χ1) is 10.5. The number of hydrogen-bond donors (Lipinski definition) is 0. The lowest BCUT2D eigenvalue weighted by Crippen LogP contribution is -2.26. The molecular weight excluding hydrogens is 320 g/mol. The predicted octanol–water partition coefficient (Wildman–Crippen LogP) is 2.51. The van der Waals surface area contributed by atoms with Gasteiger partial charge in [0, 0.05) is 41.8 Å². The van der Waals surface area contributed by atoms with Gasteiger partial charge in [0.05, 0.1) is 16.5 Å². The van der Waals surface area contributed by atoms with Gasteiger partial charge in [-0.2, -0.15) is 0 Å². The summed E-state index contributed by atoms with van der Waals surface area (Å²) in [5.74, 6) is 0.638. The minimum absolute atomic E-state index is 0.186. The highest BCUT2D eigenvalue weighted by atomic mass is 35.5. The molecule has 1 aromatic heterocycles. The fraction of sp³-hybridized carbons (Fsp3) is 0.438. The van der Waals surface area contributed by atoms with Crippen molar-refractivity contribution in [1.29, 1.82) is 0 Å². The fourth-order valence-corrected chi connectivity index (χ4v) is 6.16. The van der Waals surface area contributed by atoms with Crippen LogP contribution in [-0.2, 0) is 16.4 Å². The van der Waals surface area contributed by atoms with Gasteiger partial charge in [-0.05, 0) is 24.5 Å². The lowest BCUT2D eigenvalue weighted by molar-refractivity contribution is 0.315. The second kappa shape index (κ2) is 5.18. The first-order valence-electron chi connectivity index (χ1n) is 7.50. The molecule has 2 aliphatic rings. The van der Waals surface area contributed by atoms with Gasteiger partial charge in [-0.15, -0.1) is 0 Å². The first-order valence-corrected chi connectivity index (χ1v) is 9.60. The van der Waals surface area contributed by atoms with Crippen LogP contribution in [-0.4, -0.2) is 42.4 Å². The second-order valence-electron chi connectivity index (χ2n) is 6.25. The molecule has 0 aliphatic carbocycles. The fourth-order valence-electron chi connectivity index (χ4n) is 3.76. The van der Waals surface area contributed by atoms with Crippen molar-refractivity contribution in [2.24, 2.45) is 5.92 Å². The van der Waals surface area contributed by atoms with Crippen molar-refractivity contribution in [3.05, 3.63) is 41.0 Å². The van der Waals surface area contributed by atoms with Crippen LogP contribution in [0.2, 0.25) is 5.02 Å². The van der Waals surface area contributed by atoms with Crippen LogP contribution in [0.3, 0.4) is 0 Å². The predicted molar refractivity (Wildman–Crippen MR) is 87.7 cm³/mol. The Bertz CT molecular complexity index is 837. The van der Waals surface area contributed by atoms with Crippen molar-refractivity contribution in [1.82, 2.24) is 9.88 Å². The Hall–Kier alpha value is -1.17. The topological polar surface area (TPSA) is 50.3 Å². The monoisotopic (exact) mass is 336 g/mol. The number of fused-ring (bicyclic) bond motifs is 2. The van der Waals surface area contributed by atoms with Crippen molar-refractivity contribution >= 4 is 32.3 Å². The van der Waals surface area contributed by atoms with E-state index in [4.69, 9.17) is 11.6 Å². The van der Waals surface area contributed by atoms with E-state index in [1.54, 1.807) is 6.20 Å². The van der Waals surface area contributed by atoms with E-state index in [9.17, 15) is 8.42 Å². The summed E-state index contributed by atoms with van der Waals surface area (Å²) in [5.41, 5.74) is 1.91. The van der Waals surface area contributed by atoms with Gasteiger partial charge >= 0.3 is 0 Å². The molecule has 2 saturated heterocycles. The molecule has 0 saturated carbocycles. The van der Waals surface area contributed by atoms with E-state index in [0.717, 1.165) is 29.4 Å². The molecule has 0 bridgehead atoms. The van der Waals surface area contributed by atoms with Crippen molar-refractivity contribution in [3.8, 4) is 0 Å². The Labute approximate surface area is 135 Å².